The molecule has 0 saturated carbocycles. The number of carbonyl (C=O) groups is 1. The van der Waals surface area contributed by atoms with Crippen molar-refractivity contribution in [3.8, 4) is 11.5 Å². The van der Waals surface area contributed by atoms with Gasteiger partial charge in [0.05, 0.1) is 26.0 Å². The number of hydrogen-bond donors (Lipinski definition) is 0. The van der Waals surface area contributed by atoms with Gasteiger partial charge in [0.2, 0.25) is 5.91 Å². The Bertz CT molecular complexity index is 818. The zero-order valence-corrected chi connectivity index (χ0v) is 15.1. The molecule has 5 nitrogen and oxygen atoms in total. The van der Waals surface area contributed by atoms with Gasteiger partial charge < -0.3 is 9.47 Å². The SMILES string of the molecule is COc1ccc(C2=NN(C(C)=O)[C@H](c3ccc(Cl)cc3)C2)c(OC)c1. The number of benzene rings is 2. The lowest BCUT2D eigenvalue weighted by molar-refractivity contribution is -0.130. The molecule has 2 aromatic rings. The van der Waals surface area contributed by atoms with Crippen LogP contribution in [0.1, 0.15) is 30.5 Å². The van der Waals surface area contributed by atoms with Gasteiger partial charge in [-0.3, -0.25) is 4.79 Å². The molecule has 0 fully saturated rings. The zero-order chi connectivity index (χ0) is 18.0. The van der Waals surface area contributed by atoms with Gasteiger partial charge in [0.25, 0.3) is 0 Å². The number of carbonyl (C=O) groups excluding carboxylic acids is 1. The van der Waals surface area contributed by atoms with Crippen molar-refractivity contribution in [3.05, 3.63) is 58.6 Å². The Morgan fingerprint density at radius 1 is 1.16 bits per heavy atom. The van der Waals surface area contributed by atoms with Crippen LogP contribution in [-0.4, -0.2) is 30.8 Å². The summed E-state index contributed by atoms with van der Waals surface area (Å²) in [6.07, 6.45) is 0.601. The Balaban J connectivity index is 1.97. The fourth-order valence-electron chi connectivity index (χ4n) is 2.94. The first kappa shape index (κ1) is 17.3. The number of ether oxygens (including phenoxy) is 2. The van der Waals surface area contributed by atoms with E-state index in [-0.39, 0.29) is 11.9 Å². The number of methoxy groups -OCH3 is 2. The van der Waals surface area contributed by atoms with E-state index in [1.54, 1.807) is 14.2 Å². The van der Waals surface area contributed by atoms with Gasteiger partial charge >= 0.3 is 0 Å². The van der Waals surface area contributed by atoms with E-state index < -0.39 is 0 Å². The molecule has 0 spiro atoms. The van der Waals surface area contributed by atoms with E-state index in [2.05, 4.69) is 5.10 Å². The molecule has 1 heterocycles. The molecular formula is C19H19ClN2O3. The molecule has 0 saturated heterocycles. The molecule has 25 heavy (non-hydrogen) atoms. The summed E-state index contributed by atoms with van der Waals surface area (Å²) in [5.41, 5.74) is 2.64. The average molecular weight is 359 g/mol. The standard InChI is InChI=1S/C19H19ClN2O3/c1-12(23)22-18(13-4-6-14(20)7-5-13)11-17(21-22)16-9-8-15(24-2)10-19(16)25-3/h4-10,18H,11H2,1-3H3/t18-/m0/s1. The second-order valence-electron chi connectivity index (χ2n) is 5.75. The number of nitrogens with zero attached hydrogens (tertiary/aromatic N) is 2. The third kappa shape index (κ3) is 3.46. The van der Waals surface area contributed by atoms with Crippen LogP contribution in [0.3, 0.4) is 0 Å². The zero-order valence-electron chi connectivity index (χ0n) is 14.3. The molecular weight excluding hydrogens is 340 g/mol. The van der Waals surface area contributed by atoms with Crippen LogP contribution in [0.2, 0.25) is 5.02 Å². The molecule has 130 valence electrons. The van der Waals surface area contributed by atoms with Gasteiger partial charge in [-0.2, -0.15) is 5.10 Å². The minimum absolute atomic E-state index is 0.109. The monoisotopic (exact) mass is 358 g/mol. The van der Waals surface area contributed by atoms with Crippen LogP contribution in [0.25, 0.3) is 0 Å². The number of rotatable bonds is 4. The van der Waals surface area contributed by atoms with Gasteiger partial charge in [0.15, 0.2) is 0 Å². The van der Waals surface area contributed by atoms with E-state index in [0.29, 0.717) is 22.9 Å². The molecule has 0 radical (unpaired) electrons. The van der Waals surface area contributed by atoms with Crippen molar-refractivity contribution in [2.45, 2.75) is 19.4 Å². The summed E-state index contributed by atoms with van der Waals surface area (Å²) in [5.74, 6) is 1.26. The molecule has 0 aliphatic carbocycles. The van der Waals surface area contributed by atoms with Crippen LogP contribution in [-0.2, 0) is 4.79 Å². The molecule has 1 aliphatic rings. The first-order chi connectivity index (χ1) is 12.0. The van der Waals surface area contributed by atoms with Crippen molar-refractivity contribution in [2.75, 3.05) is 14.2 Å². The third-order valence-electron chi connectivity index (χ3n) is 4.21. The average Bonchev–Trinajstić information content (AvgIpc) is 3.07. The van der Waals surface area contributed by atoms with E-state index in [4.69, 9.17) is 21.1 Å². The molecule has 1 amide bonds. The Kier molecular flexibility index (Phi) is 4.95. The molecule has 3 rings (SSSR count). The van der Waals surface area contributed by atoms with Crippen LogP contribution in [0.15, 0.2) is 47.6 Å². The lowest BCUT2D eigenvalue weighted by atomic mass is 9.98. The molecule has 6 heteroatoms. The fourth-order valence-corrected chi connectivity index (χ4v) is 3.07. The van der Waals surface area contributed by atoms with E-state index in [1.807, 2.05) is 42.5 Å². The van der Waals surface area contributed by atoms with Gasteiger partial charge in [-0.1, -0.05) is 23.7 Å². The number of hydrogen-bond acceptors (Lipinski definition) is 4. The van der Waals surface area contributed by atoms with E-state index in [1.165, 1.54) is 11.9 Å². The summed E-state index contributed by atoms with van der Waals surface area (Å²) >= 11 is 5.97. The maximum atomic E-state index is 12.1. The predicted octanol–water partition coefficient (Wildman–Crippen LogP) is 4.05. The first-order valence-corrected chi connectivity index (χ1v) is 8.26. The number of hydrazone groups is 1. The second-order valence-corrected chi connectivity index (χ2v) is 6.18. The van der Waals surface area contributed by atoms with Gasteiger partial charge in [-0.15, -0.1) is 0 Å². The van der Waals surface area contributed by atoms with Crippen molar-refractivity contribution < 1.29 is 14.3 Å². The Morgan fingerprint density at radius 3 is 2.48 bits per heavy atom. The second kappa shape index (κ2) is 7.15. The van der Waals surface area contributed by atoms with Crippen molar-refractivity contribution in [1.82, 2.24) is 5.01 Å². The fraction of sp³-hybridized carbons (Fsp3) is 0.263. The van der Waals surface area contributed by atoms with Crippen LogP contribution >= 0.6 is 11.6 Å². The topological polar surface area (TPSA) is 51.1 Å². The third-order valence-corrected chi connectivity index (χ3v) is 4.46. The predicted molar refractivity (Wildman–Crippen MR) is 97.4 cm³/mol. The minimum Gasteiger partial charge on any atom is -0.497 e. The number of amides is 1. The smallest absolute Gasteiger partial charge is 0.240 e. The Morgan fingerprint density at radius 2 is 1.88 bits per heavy atom. The lowest BCUT2D eigenvalue weighted by Gasteiger charge is -2.20. The summed E-state index contributed by atoms with van der Waals surface area (Å²) in [6, 6.07) is 12.9. The highest BCUT2D eigenvalue weighted by molar-refractivity contribution is 6.30. The molecule has 0 aromatic heterocycles. The summed E-state index contributed by atoms with van der Waals surface area (Å²) in [7, 11) is 3.21. The van der Waals surface area contributed by atoms with Gasteiger partial charge in [0.1, 0.15) is 11.5 Å². The summed E-state index contributed by atoms with van der Waals surface area (Å²) in [6.45, 7) is 1.51. The first-order valence-electron chi connectivity index (χ1n) is 7.88. The summed E-state index contributed by atoms with van der Waals surface area (Å²) < 4.78 is 10.7. The van der Waals surface area contributed by atoms with E-state index in [0.717, 1.165) is 16.8 Å². The molecule has 0 N–H and O–H groups in total. The Hall–Kier alpha value is -2.53. The normalized spacial score (nSPS) is 16.6. The van der Waals surface area contributed by atoms with Crippen molar-refractivity contribution >= 4 is 23.2 Å². The number of halogens is 1. The highest BCUT2D eigenvalue weighted by Gasteiger charge is 2.32. The lowest BCUT2D eigenvalue weighted by Crippen LogP contribution is -2.24. The Labute approximate surface area is 151 Å². The van der Waals surface area contributed by atoms with Gasteiger partial charge in [-0.05, 0) is 29.8 Å². The largest absolute Gasteiger partial charge is 0.497 e. The van der Waals surface area contributed by atoms with E-state index in [9.17, 15) is 4.79 Å². The molecule has 0 unspecified atom stereocenters. The van der Waals surface area contributed by atoms with Gasteiger partial charge in [-0.25, -0.2) is 5.01 Å². The minimum atomic E-state index is -0.156. The maximum Gasteiger partial charge on any atom is 0.240 e. The quantitative estimate of drug-likeness (QED) is 0.828. The van der Waals surface area contributed by atoms with E-state index >= 15 is 0 Å². The molecule has 1 aliphatic heterocycles. The highest BCUT2D eigenvalue weighted by Crippen LogP contribution is 2.36. The van der Waals surface area contributed by atoms with Crippen molar-refractivity contribution in [2.24, 2.45) is 5.10 Å². The molecule has 1 atom stereocenters. The molecule has 2 aromatic carbocycles. The van der Waals surface area contributed by atoms with Crippen LogP contribution in [0, 0.1) is 0 Å². The van der Waals surface area contributed by atoms with Crippen LogP contribution < -0.4 is 9.47 Å². The summed E-state index contributed by atoms with van der Waals surface area (Å²) in [4.78, 5) is 12.1. The van der Waals surface area contributed by atoms with Crippen molar-refractivity contribution in [1.29, 1.82) is 0 Å². The van der Waals surface area contributed by atoms with Gasteiger partial charge in [0, 0.05) is 30.0 Å². The van der Waals surface area contributed by atoms with Crippen LogP contribution in [0.5, 0.6) is 11.5 Å². The summed E-state index contributed by atoms with van der Waals surface area (Å²) in [5, 5.41) is 6.73. The highest BCUT2D eigenvalue weighted by atomic mass is 35.5. The maximum absolute atomic E-state index is 12.1. The molecule has 0 bridgehead atoms. The van der Waals surface area contributed by atoms with Crippen LogP contribution in [0.4, 0.5) is 0 Å². The van der Waals surface area contributed by atoms with Crippen molar-refractivity contribution in [3.63, 3.8) is 0 Å².